The van der Waals surface area contributed by atoms with Crippen LogP contribution in [0, 0.1) is 13.8 Å². The molecule has 25 heavy (non-hydrogen) atoms. The molecule has 0 unspecified atom stereocenters. The third-order valence-corrected chi connectivity index (χ3v) is 4.10. The van der Waals surface area contributed by atoms with Crippen molar-refractivity contribution in [3.8, 4) is 11.5 Å². The lowest BCUT2D eigenvalue weighted by Crippen LogP contribution is -2.34. The first-order valence-corrected chi connectivity index (χ1v) is 7.88. The van der Waals surface area contributed by atoms with Crippen LogP contribution in [0.3, 0.4) is 0 Å². The number of hydrogen-bond donors (Lipinski definition) is 3. The first-order chi connectivity index (χ1) is 12.0. The van der Waals surface area contributed by atoms with Crippen molar-refractivity contribution in [1.29, 1.82) is 0 Å². The summed E-state index contributed by atoms with van der Waals surface area (Å²) in [6.45, 7) is 3.63. The van der Waals surface area contributed by atoms with Crippen LogP contribution in [0.4, 0.5) is 0 Å². The maximum absolute atomic E-state index is 12.2. The highest BCUT2D eigenvalue weighted by Crippen LogP contribution is 2.32. The first kappa shape index (κ1) is 16.8. The van der Waals surface area contributed by atoms with Crippen LogP contribution in [-0.4, -0.2) is 34.0 Å². The molecule has 0 radical (unpaired) electrons. The summed E-state index contributed by atoms with van der Waals surface area (Å²) in [6.07, 6.45) is 0.636. The number of fused-ring (bicyclic) bond motifs is 1. The molecular weight excluding hydrogens is 326 g/mol. The predicted molar refractivity (Wildman–Crippen MR) is 87.5 cm³/mol. The highest BCUT2D eigenvalue weighted by molar-refractivity contribution is 5.85. The molecule has 0 fully saturated rings. The molecule has 0 saturated carbocycles. The lowest BCUT2D eigenvalue weighted by atomic mass is 10.0. The summed E-state index contributed by atoms with van der Waals surface area (Å²) >= 11 is 0. The minimum atomic E-state index is -1.12. The highest BCUT2D eigenvalue weighted by atomic mass is 16.7. The molecule has 3 rings (SSSR count). The Morgan fingerprint density at radius 3 is 2.76 bits per heavy atom. The maximum Gasteiger partial charge on any atom is 0.331 e. The Labute approximate surface area is 144 Å². The summed E-state index contributed by atoms with van der Waals surface area (Å²) in [4.78, 5) is 23.8. The quantitative estimate of drug-likeness (QED) is 0.733. The lowest BCUT2D eigenvalue weighted by molar-refractivity contribution is -0.142. The van der Waals surface area contributed by atoms with Gasteiger partial charge in [0.05, 0.1) is 5.69 Å². The Kier molecular flexibility index (Phi) is 4.60. The van der Waals surface area contributed by atoms with Crippen molar-refractivity contribution >= 4 is 11.9 Å². The standard InChI is InChI=1S/C17H19N3O5/c1-9-15(10(2)20-19-9)16(17(22)23)18-14(21)6-4-11-3-5-12-13(7-11)25-8-24-12/h3,5,7,16H,4,6,8H2,1-2H3,(H,18,21)(H,19,20)(H,22,23)/t16-/m0/s1. The van der Waals surface area contributed by atoms with E-state index in [4.69, 9.17) is 9.47 Å². The Balaban J connectivity index is 1.63. The van der Waals surface area contributed by atoms with E-state index in [2.05, 4.69) is 15.5 Å². The van der Waals surface area contributed by atoms with Gasteiger partial charge in [0.15, 0.2) is 17.5 Å². The van der Waals surface area contributed by atoms with Crippen molar-refractivity contribution in [3.05, 3.63) is 40.7 Å². The largest absolute Gasteiger partial charge is 0.479 e. The summed E-state index contributed by atoms with van der Waals surface area (Å²) in [7, 11) is 0. The second-order valence-corrected chi connectivity index (χ2v) is 5.87. The highest BCUT2D eigenvalue weighted by Gasteiger charge is 2.27. The van der Waals surface area contributed by atoms with Crippen molar-refractivity contribution in [1.82, 2.24) is 15.5 Å². The fourth-order valence-electron chi connectivity index (χ4n) is 2.83. The van der Waals surface area contributed by atoms with Crippen LogP contribution in [0.25, 0.3) is 0 Å². The van der Waals surface area contributed by atoms with E-state index in [0.717, 1.165) is 5.56 Å². The number of ether oxygens (including phenoxy) is 2. The van der Waals surface area contributed by atoms with Gasteiger partial charge in [-0.15, -0.1) is 0 Å². The van der Waals surface area contributed by atoms with Gasteiger partial charge in [-0.1, -0.05) is 6.07 Å². The van der Waals surface area contributed by atoms with E-state index in [1.807, 2.05) is 12.1 Å². The maximum atomic E-state index is 12.2. The second kappa shape index (κ2) is 6.84. The summed E-state index contributed by atoms with van der Waals surface area (Å²) in [6, 6.07) is 4.37. The number of aromatic nitrogens is 2. The number of nitrogens with one attached hydrogen (secondary N) is 2. The van der Waals surface area contributed by atoms with Crippen molar-refractivity contribution in [2.45, 2.75) is 32.7 Å². The number of carbonyl (C=O) groups excluding carboxylic acids is 1. The van der Waals surface area contributed by atoms with Gasteiger partial charge >= 0.3 is 5.97 Å². The molecule has 8 nitrogen and oxygen atoms in total. The van der Waals surface area contributed by atoms with Gasteiger partial charge < -0.3 is 19.9 Å². The van der Waals surface area contributed by atoms with Crippen molar-refractivity contribution in [2.75, 3.05) is 6.79 Å². The van der Waals surface area contributed by atoms with E-state index < -0.39 is 12.0 Å². The zero-order chi connectivity index (χ0) is 18.0. The second-order valence-electron chi connectivity index (χ2n) is 5.87. The molecular formula is C17H19N3O5. The van der Waals surface area contributed by atoms with Gasteiger partial charge in [0.1, 0.15) is 0 Å². The number of aryl methyl sites for hydroxylation is 3. The van der Waals surface area contributed by atoms with Crippen LogP contribution in [0.1, 0.15) is 35.0 Å². The number of amides is 1. The molecule has 1 aliphatic heterocycles. The number of carboxylic acid groups (broad SMARTS) is 1. The molecule has 132 valence electrons. The molecule has 0 saturated heterocycles. The smallest absolute Gasteiger partial charge is 0.331 e. The lowest BCUT2D eigenvalue weighted by Gasteiger charge is -2.15. The molecule has 3 N–H and O–H groups in total. The van der Waals surface area contributed by atoms with E-state index >= 15 is 0 Å². The number of nitrogens with zero attached hydrogens (tertiary/aromatic N) is 1. The van der Waals surface area contributed by atoms with Gasteiger partial charge in [0, 0.05) is 17.7 Å². The molecule has 0 aliphatic carbocycles. The molecule has 1 atom stereocenters. The Morgan fingerprint density at radius 1 is 1.32 bits per heavy atom. The average molecular weight is 345 g/mol. The molecule has 8 heteroatoms. The molecule has 2 heterocycles. The number of aliphatic carboxylic acids is 1. The first-order valence-electron chi connectivity index (χ1n) is 7.88. The molecule has 0 bridgehead atoms. The summed E-state index contributed by atoms with van der Waals surface area (Å²) in [5.74, 6) is -0.120. The van der Waals surface area contributed by atoms with Gasteiger partial charge in [-0.25, -0.2) is 4.79 Å². The van der Waals surface area contributed by atoms with E-state index in [0.29, 0.717) is 34.9 Å². The van der Waals surface area contributed by atoms with Gasteiger partial charge in [0.2, 0.25) is 12.7 Å². The van der Waals surface area contributed by atoms with Crippen molar-refractivity contribution < 1.29 is 24.2 Å². The third kappa shape index (κ3) is 3.57. The van der Waals surface area contributed by atoms with Crippen LogP contribution in [-0.2, 0) is 16.0 Å². The van der Waals surface area contributed by atoms with Gasteiger partial charge in [-0.05, 0) is 38.0 Å². The summed E-state index contributed by atoms with van der Waals surface area (Å²) in [5.41, 5.74) is 2.59. The number of benzene rings is 1. The number of aromatic amines is 1. The van der Waals surface area contributed by atoms with Crippen molar-refractivity contribution in [3.63, 3.8) is 0 Å². The molecule has 1 aromatic heterocycles. The third-order valence-electron chi connectivity index (χ3n) is 4.10. The minimum absolute atomic E-state index is 0.166. The SMILES string of the molecule is Cc1n[nH]c(C)c1[C@H](NC(=O)CCc1ccc2c(c1)OCO2)C(=O)O. The zero-order valence-electron chi connectivity index (χ0n) is 14.0. The number of hydrogen-bond acceptors (Lipinski definition) is 5. The summed E-state index contributed by atoms with van der Waals surface area (Å²) < 4.78 is 10.6. The minimum Gasteiger partial charge on any atom is -0.479 e. The van der Waals surface area contributed by atoms with E-state index in [1.165, 1.54) is 0 Å². The number of rotatable bonds is 6. The molecule has 1 aromatic carbocycles. The van der Waals surface area contributed by atoms with Crippen LogP contribution in [0.5, 0.6) is 11.5 Å². The zero-order valence-corrected chi connectivity index (χ0v) is 14.0. The molecule has 2 aromatic rings. The predicted octanol–water partition coefficient (Wildman–Crippen LogP) is 1.63. The van der Waals surface area contributed by atoms with Crippen LogP contribution < -0.4 is 14.8 Å². The Hall–Kier alpha value is -3.03. The van der Waals surface area contributed by atoms with Gasteiger partial charge in [-0.2, -0.15) is 5.10 Å². The average Bonchev–Trinajstić information content (AvgIpc) is 3.17. The van der Waals surface area contributed by atoms with E-state index in [1.54, 1.807) is 19.9 Å². The number of carboxylic acids is 1. The Bertz CT molecular complexity index is 795. The van der Waals surface area contributed by atoms with E-state index in [-0.39, 0.29) is 19.1 Å². The van der Waals surface area contributed by atoms with Crippen LogP contribution in [0.2, 0.25) is 0 Å². The monoisotopic (exact) mass is 345 g/mol. The normalized spacial score (nSPS) is 13.5. The van der Waals surface area contributed by atoms with Crippen LogP contribution in [0.15, 0.2) is 18.2 Å². The number of carbonyl (C=O) groups is 2. The number of H-pyrrole nitrogens is 1. The molecule has 1 aliphatic rings. The molecule has 0 spiro atoms. The van der Waals surface area contributed by atoms with E-state index in [9.17, 15) is 14.7 Å². The fourth-order valence-corrected chi connectivity index (χ4v) is 2.83. The topological polar surface area (TPSA) is 114 Å². The molecule has 1 amide bonds. The Morgan fingerprint density at radius 2 is 2.08 bits per heavy atom. The summed E-state index contributed by atoms with van der Waals surface area (Å²) in [5, 5.41) is 18.7. The van der Waals surface area contributed by atoms with Gasteiger partial charge in [-0.3, -0.25) is 9.89 Å². The van der Waals surface area contributed by atoms with Crippen molar-refractivity contribution in [2.24, 2.45) is 0 Å². The fraction of sp³-hybridized carbons (Fsp3) is 0.353. The van der Waals surface area contributed by atoms with Gasteiger partial charge in [0.25, 0.3) is 0 Å². The van der Waals surface area contributed by atoms with Crippen LogP contribution >= 0.6 is 0 Å².